The SMILES string of the molecule is CN(Cc1ccccc1)C(=O)c1ccc(C(=O)NCCc2ccc(F)cc2)cc1. The van der Waals surface area contributed by atoms with Gasteiger partial charge in [0, 0.05) is 31.3 Å². The summed E-state index contributed by atoms with van der Waals surface area (Å²) in [5.74, 6) is -0.581. The summed E-state index contributed by atoms with van der Waals surface area (Å²) in [5, 5.41) is 2.84. The molecule has 0 aromatic heterocycles. The lowest BCUT2D eigenvalue weighted by molar-refractivity contribution is 0.0784. The Morgan fingerprint density at radius 2 is 1.45 bits per heavy atom. The molecule has 0 spiro atoms. The molecular weight excluding hydrogens is 367 g/mol. The molecular formula is C24H23FN2O2. The van der Waals surface area contributed by atoms with Gasteiger partial charge in [-0.3, -0.25) is 9.59 Å². The van der Waals surface area contributed by atoms with Crippen LogP contribution in [0.25, 0.3) is 0 Å². The number of carbonyl (C=O) groups excluding carboxylic acids is 2. The monoisotopic (exact) mass is 390 g/mol. The minimum absolute atomic E-state index is 0.0999. The first-order valence-corrected chi connectivity index (χ1v) is 9.45. The highest BCUT2D eigenvalue weighted by molar-refractivity contribution is 5.97. The van der Waals surface area contributed by atoms with E-state index in [1.165, 1.54) is 12.1 Å². The quantitative estimate of drug-likeness (QED) is 0.661. The van der Waals surface area contributed by atoms with Crippen LogP contribution in [0.2, 0.25) is 0 Å². The van der Waals surface area contributed by atoms with Gasteiger partial charge < -0.3 is 10.2 Å². The topological polar surface area (TPSA) is 49.4 Å². The number of halogens is 1. The Morgan fingerprint density at radius 1 is 0.828 bits per heavy atom. The van der Waals surface area contributed by atoms with Gasteiger partial charge in [0.2, 0.25) is 0 Å². The third-order valence-electron chi connectivity index (χ3n) is 4.62. The zero-order chi connectivity index (χ0) is 20.6. The molecule has 0 fully saturated rings. The first-order chi connectivity index (χ1) is 14.0. The third-order valence-corrected chi connectivity index (χ3v) is 4.62. The summed E-state index contributed by atoms with van der Waals surface area (Å²) in [6.45, 7) is 0.969. The molecule has 0 aliphatic heterocycles. The van der Waals surface area contributed by atoms with E-state index < -0.39 is 0 Å². The fraction of sp³-hybridized carbons (Fsp3) is 0.167. The van der Waals surface area contributed by atoms with Crippen LogP contribution in [0.1, 0.15) is 31.8 Å². The van der Waals surface area contributed by atoms with Gasteiger partial charge in [-0.15, -0.1) is 0 Å². The number of hydrogen-bond donors (Lipinski definition) is 1. The normalized spacial score (nSPS) is 10.4. The average molecular weight is 390 g/mol. The number of carbonyl (C=O) groups is 2. The summed E-state index contributed by atoms with van der Waals surface area (Å²) in [5.41, 5.74) is 3.03. The van der Waals surface area contributed by atoms with Crippen molar-refractivity contribution in [3.05, 3.63) is 107 Å². The van der Waals surface area contributed by atoms with Crippen LogP contribution in [-0.2, 0) is 13.0 Å². The Hall–Kier alpha value is -3.47. The molecule has 0 aliphatic rings. The van der Waals surface area contributed by atoms with Crippen LogP contribution in [0.5, 0.6) is 0 Å². The van der Waals surface area contributed by atoms with E-state index in [1.807, 2.05) is 30.3 Å². The summed E-state index contributed by atoms with van der Waals surface area (Å²) in [6.07, 6.45) is 0.618. The highest BCUT2D eigenvalue weighted by atomic mass is 19.1. The maximum atomic E-state index is 12.9. The van der Waals surface area contributed by atoms with E-state index in [9.17, 15) is 14.0 Å². The van der Waals surface area contributed by atoms with E-state index >= 15 is 0 Å². The molecule has 0 saturated heterocycles. The summed E-state index contributed by atoms with van der Waals surface area (Å²) >= 11 is 0. The lowest BCUT2D eigenvalue weighted by Crippen LogP contribution is -2.27. The van der Waals surface area contributed by atoms with Crippen molar-refractivity contribution in [2.24, 2.45) is 0 Å². The predicted molar refractivity (Wildman–Crippen MR) is 111 cm³/mol. The average Bonchev–Trinajstić information content (AvgIpc) is 2.75. The molecule has 2 amide bonds. The van der Waals surface area contributed by atoms with Crippen LogP contribution in [0.3, 0.4) is 0 Å². The van der Waals surface area contributed by atoms with Crippen molar-refractivity contribution < 1.29 is 14.0 Å². The van der Waals surface area contributed by atoms with Crippen molar-refractivity contribution in [2.45, 2.75) is 13.0 Å². The van der Waals surface area contributed by atoms with Gasteiger partial charge in [-0.05, 0) is 53.9 Å². The van der Waals surface area contributed by atoms with E-state index in [0.717, 1.165) is 11.1 Å². The molecule has 3 aromatic carbocycles. The van der Waals surface area contributed by atoms with Crippen molar-refractivity contribution in [1.82, 2.24) is 10.2 Å². The van der Waals surface area contributed by atoms with Crippen LogP contribution in [0.15, 0.2) is 78.9 Å². The van der Waals surface area contributed by atoms with Crippen molar-refractivity contribution in [3.8, 4) is 0 Å². The molecule has 0 radical (unpaired) electrons. The number of benzene rings is 3. The molecule has 3 aromatic rings. The fourth-order valence-electron chi connectivity index (χ4n) is 2.99. The molecule has 0 heterocycles. The second-order valence-electron chi connectivity index (χ2n) is 6.86. The maximum Gasteiger partial charge on any atom is 0.253 e. The second kappa shape index (κ2) is 9.64. The molecule has 0 unspecified atom stereocenters. The summed E-state index contributed by atoms with van der Waals surface area (Å²) in [4.78, 5) is 26.5. The molecule has 4 nitrogen and oxygen atoms in total. The van der Waals surface area contributed by atoms with Gasteiger partial charge in [0.15, 0.2) is 0 Å². The third kappa shape index (κ3) is 5.75. The minimum Gasteiger partial charge on any atom is -0.352 e. The second-order valence-corrected chi connectivity index (χ2v) is 6.86. The summed E-state index contributed by atoms with van der Waals surface area (Å²) in [7, 11) is 1.76. The summed E-state index contributed by atoms with van der Waals surface area (Å²) in [6, 6.07) is 22.6. The molecule has 1 N–H and O–H groups in total. The molecule has 0 atom stereocenters. The van der Waals surface area contributed by atoms with Crippen molar-refractivity contribution in [2.75, 3.05) is 13.6 Å². The molecule has 29 heavy (non-hydrogen) atoms. The predicted octanol–water partition coefficient (Wildman–Crippen LogP) is 4.07. The Kier molecular flexibility index (Phi) is 6.74. The van der Waals surface area contributed by atoms with Crippen LogP contribution in [0, 0.1) is 5.82 Å². The van der Waals surface area contributed by atoms with Crippen molar-refractivity contribution in [1.29, 1.82) is 0 Å². The standard InChI is InChI=1S/C24H23FN2O2/c1-27(17-19-5-3-2-4-6-19)24(29)21-11-9-20(10-12-21)23(28)26-16-15-18-7-13-22(25)14-8-18/h2-14H,15-17H2,1H3,(H,26,28). The van der Waals surface area contributed by atoms with Crippen molar-refractivity contribution >= 4 is 11.8 Å². The largest absolute Gasteiger partial charge is 0.352 e. The van der Waals surface area contributed by atoms with Gasteiger partial charge in [0.05, 0.1) is 0 Å². The van der Waals surface area contributed by atoms with Gasteiger partial charge in [0.25, 0.3) is 11.8 Å². The van der Waals surface area contributed by atoms with Gasteiger partial charge in [0.1, 0.15) is 5.82 Å². The fourth-order valence-corrected chi connectivity index (χ4v) is 2.99. The van der Waals surface area contributed by atoms with Crippen LogP contribution < -0.4 is 5.32 Å². The highest BCUT2D eigenvalue weighted by Gasteiger charge is 2.13. The number of nitrogens with one attached hydrogen (secondary N) is 1. The lowest BCUT2D eigenvalue weighted by atomic mass is 10.1. The lowest BCUT2D eigenvalue weighted by Gasteiger charge is -2.17. The molecule has 0 bridgehead atoms. The smallest absolute Gasteiger partial charge is 0.253 e. The van der Waals surface area contributed by atoms with E-state index in [-0.39, 0.29) is 17.6 Å². The van der Waals surface area contributed by atoms with Gasteiger partial charge >= 0.3 is 0 Å². The Balaban J connectivity index is 1.52. The minimum atomic E-state index is -0.276. The van der Waals surface area contributed by atoms with E-state index in [0.29, 0.717) is 30.6 Å². The zero-order valence-corrected chi connectivity index (χ0v) is 16.3. The Labute approximate surface area is 170 Å². The number of nitrogens with zero attached hydrogens (tertiary/aromatic N) is 1. The Bertz CT molecular complexity index is 954. The van der Waals surface area contributed by atoms with Crippen LogP contribution in [0.4, 0.5) is 4.39 Å². The first-order valence-electron chi connectivity index (χ1n) is 9.45. The summed E-state index contributed by atoms with van der Waals surface area (Å²) < 4.78 is 12.9. The number of hydrogen-bond acceptors (Lipinski definition) is 2. The zero-order valence-electron chi connectivity index (χ0n) is 16.3. The van der Waals surface area contributed by atoms with Crippen LogP contribution >= 0.6 is 0 Å². The van der Waals surface area contributed by atoms with E-state index in [1.54, 1.807) is 48.3 Å². The maximum absolute atomic E-state index is 12.9. The number of amides is 2. The Morgan fingerprint density at radius 3 is 2.10 bits per heavy atom. The van der Waals surface area contributed by atoms with Crippen LogP contribution in [-0.4, -0.2) is 30.3 Å². The van der Waals surface area contributed by atoms with E-state index in [4.69, 9.17) is 0 Å². The first kappa shape index (κ1) is 20.3. The molecule has 0 aliphatic carbocycles. The highest BCUT2D eigenvalue weighted by Crippen LogP contribution is 2.10. The molecule has 5 heteroatoms. The number of rotatable bonds is 7. The molecule has 3 rings (SSSR count). The van der Waals surface area contributed by atoms with Gasteiger partial charge in [-0.1, -0.05) is 42.5 Å². The van der Waals surface area contributed by atoms with E-state index in [2.05, 4.69) is 5.32 Å². The van der Waals surface area contributed by atoms with Crippen molar-refractivity contribution in [3.63, 3.8) is 0 Å². The molecule has 0 saturated carbocycles. The van der Waals surface area contributed by atoms with Gasteiger partial charge in [-0.2, -0.15) is 0 Å². The molecule has 148 valence electrons. The van der Waals surface area contributed by atoms with Gasteiger partial charge in [-0.25, -0.2) is 4.39 Å².